The van der Waals surface area contributed by atoms with Crippen LogP contribution in [0, 0.1) is 0 Å². The van der Waals surface area contributed by atoms with Crippen LogP contribution in [0.4, 0.5) is 0 Å². The van der Waals surface area contributed by atoms with Gasteiger partial charge in [-0.15, -0.1) is 0 Å². The molecular weight excluding hydrogens is 448 g/mol. The maximum atomic E-state index is 11.0. The van der Waals surface area contributed by atoms with E-state index in [4.69, 9.17) is 23.4 Å². The van der Waals surface area contributed by atoms with Crippen LogP contribution in [0.3, 0.4) is 0 Å². The number of hydrogen-bond acceptors (Lipinski definition) is 6. The Labute approximate surface area is 204 Å². The van der Waals surface area contributed by atoms with Crippen LogP contribution in [-0.2, 0) is 23.4 Å². The fourth-order valence-electron chi connectivity index (χ4n) is 5.50. The summed E-state index contributed by atoms with van der Waals surface area (Å²) in [5.74, 6) is -0.782. The van der Waals surface area contributed by atoms with Crippen molar-refractivity contribution in [3.63, 3.8) is 0 Å². The topological polar surface area (TPSA) is 66.4 Å². The predicted octanol–water partition coefficient (Wildman–Crippen LogP) is 3.21. The van der Waals surface area contributed by atoms with Crippen molar-refractivity contribution in [1.29, 1.82) is 0 Å². The lowest BCUT2D eigenvalue weighted by Crippen LogP contribution is -2.69. The van der Waals surface area contributed by atoms with Gasteiger partial charge in [-0.1, -0.05) is 81.4 Å². The summed E-state index contributed by atoms with van der Waals surface area (Å²) in [6.07, 6.45) is -2.54. The first kappa shape index (κ1) is 25.5. The van der Waals surface area contributed by atoms with Gasteiger partial charge in [0.15, 0.2) is 12.1 Å². The molecule has 2 saturated heterocycles. The molecule has 2 fully saturated rings. The molecule has 6 nitrogen and oxygen atoms in total. The van der Waals surface area contributed by atoms with Crippen LogP contribution in [0.25, 0.3) is 0 Å². The molecule has 2 aliphatic rings. The number of hydrogen-bond donors (Lipinski definition) is 1. The fourth-order valence-corrected chi connectivity index (χ4v) is 10.1. The molecule has 186 valence electrons. The summed E-state index contributed by atoms with van der Waals surface area (Å²) in [4.78, 5) is 0. The van der Waals surface area contributed by atoms with Gasteiger partial charge in [-0.05, 0) is 36.2 Å². The van der Waals surface area contributed by atoms with E-state index < -0.39 is 44.3 Å². The number of rotatable bonds is 7. The molecule has 4 rings (SSSR count). The van der Waals surface area contributed by atoms with Gasteiger partial charge in [0.05, 0.1) is 12.7 Å². The van der Waals surface area contributed by atoms with Crippen molar-refractivity contribution < 1.29 is 28.5 Å². The van der Waals surface area contributed by atoms with Gasteiger partial charge in [0.2, 0.25) is 0 Å². The van der Waals surface area contributed by atoms with E-state index in [2.05, 4.69) is 69.3 Å². The van der Waals surface area contributed by atoms with Crippen LogP contribution in [0.1, 0.15) is 41.5 Å². The highest BCUT2D eigenvalue weighted by Gasteiger charge is 2.65. The van der Waals surface area contributed by atoms with Crippen molar-refractivity contribution in [1.82, 2.24) is 0 Å². The third-order valence-electron chi connectivity index (χ3n) is 7.10. The highest BCUT2D eigenvalue weighted by Crippen LogP contribution is 2.46. The van der Waals surface area contributed by atoms with Gasteiger partial charge in [0.1, 0.15) is 17.8 Å². The Morgan fingerprint density at radius 2 is 1.47 bits per heavy atom. The molecule has 2 aliphatic heterocycles. The van der Waals surface area contributed by atoms with E-state index in [1.54, 1.807) is 14.0 Å². The molecule has 2 aromatic carbocycles. The lowest BCUT2D eigenvalue weighted by molar-refractivity contribution is -0.265. The molecule has 0 amide bonds. The van der Waals surface area contributed by atoms with E-state index in [-0.39, 0.29) is 11.6 Å². The standard InChI is InChI=1S/C27H38O6Si/c1-19(28)27(23(29-7)22-24(33-27)32-26(5,6)31-22)18-30-34(25(2,3)4,20-14-10-8-11-15-20)21-16-12-9-13-17-21/h8-17,19,22-24,28H,18H2,1-7H3/t19-,22+,23-,24-,27-/m0/s1. The molecule has 7 heteroatoms. The summed E-state index contributed by atoms with van der Waals surface area (Å²) < 4.78 is 31.6. The lowest BCUT2D eigenvalue weighted by atomic mass is 9.91. The van der Waals surface area contributed by atoms with Gasteiger partial charge >= 0.3 is 0 Å². The van der Waals surface area contributed by atoms with Crippen LogP contribution in [0.15, 0.2) is 60.7 Å². The second kappa shape index (κ2) is 9.13. The molecular formula is C27H38O6Si. The second-order valence-corrected chi connectivity index (χ2v) is 15.1. The molecule has 1 N–H and O–H groups in total. The smallest absolute Gasteiger partial charge is 0.261 e. The molecule has 0 bridgehead atoms. The first-order valence-electron chi connectivity index (χ1n) is 12.0. The molecule has 0 radical (unpaired) electrons. The molecule has 2 aromatic rings. The van der Waals surface area contributed by atoms with Crippen molar-refractivity contribution in [2.75, 3.05) is 13.7 Å². The SMILES string of the molecule is CO[C@H]1[C@H]2OC(C)(C)O[C@H]2O[C@@]1(CO[Si](c1ccccc1)(c1ccccc1)C(C)(C)C)[C@H](C)O. The monoisotopic (exact) mass is 486 g/mol. The average molecular weight is 487 g/mol. The quantitative estimate of drug-likeness (QED) is 0.607. The van der Waals surface area contributed by atoms with Crippen LogP contribution in [-0.4, -0.2) is 63.1 Å². The molecule has 2 heterocycles. The Morgan fingerprint density at radius 1 is 0.941 bits per heavy atom. The van der Waals surface area contributed by atoms with Gasteiger partial charge in [0.25, 0.3) is 8.32 Å². The molecule has 0 aliphatic carbocycles. The Kier molecular flexibility index (Phi) is 6.85. The first-order valence-corrected chi connectivity index (χ1v) is 13.9. The van der Waals surface area contributed by atoms with Gasteiger partial charge in [-0.2, -0.15) is 0 Å². The minimum absolute atomic E-state index is 0.136. The number of aliphatic hydroxyl groups is 1. The number of aliphatic hydroxyl groups excluding tert-OH is 1. The van der Waals surface area contributed by atoms with Crippen LogP contribution in [0.5, 0.6) is 0 Å². The molecule has 0 unspecified atom stereocenters. The number of fused-ring (bicyclic) bond motifs is 1. The largest absolute Gasteiger partial charge is 0.404 e. The highest BCUT2D eigenvalue weighted by molar-refractivity contribution is 6.99. The molecule has 0 spiro atoms. The van der Waals surface area contributed by atoms with Crippen LogP contribution < -0.4 is 10.4 Å². The summed E-state index contributed by atoms with van der Waals surface area (Å²) >= 11 is 0. The summed E-state index contributed by atoms with van der Waals surface area (Å²) in [6, 6.07) is 20.8. The normalized spacial score (nSPS) is 29.7. The van der Waals surface area contributed by atoms with Crippen molar-refractivity contribution in [2.45, 2.75) is 82.6 Å². The first-order chi connectivity index (χ1) is 16.0. The van der Waals surface area contributed by atoms with E-state index in [0.717, 1.165) is 10.4 Å². The predicted molar refractivity (Wildman–Crippen MR) is 134 cm³/mol. The van der Waals surface area contributed by atoms with Gasteiger partial charge < -0.3 is 28.5 Å². The second-order valence-electron chi connectivity index (χ2n) is 10.8. The zero-order chi connectivity index (χ0) is 24.8. The fraction of sp³-hybridized carbons (Fsp3) is 0.556. The van der Waals surface area contributed by atoms with E-state index in [9.17, 15) is 5.11 Å². The average Bonchev–Trinajstić information content (AvgIpc) is 3.23. The van der Waals surface area contributed by atoms with Gasteiger partial charge in [-0.3, -0.25) is 0 Å². The maximum absolute atomic E-state index is 11.0. The van der Waals surface area contributed by atoms with Crippen molar-refractivity contribution in [2.24, 2.45) is 0 Å². The lowest BCUT2D eigenvalue weighted by Gasteiger charge is -2.46. The number of benzene rings is 2. The van der Waals surface area contributed by atoms with Crippen LogP contribution >= 0.6 is 0 Å². The third kappa shape index (κ3) is 4.17. The minimum Gasteiger partial charge on any atom is -0.404 e. The summed E-state index contributed by atoms with van der Waals surface area (Å²) in [5, 5.41) is 13.2. The Hall–Kier alpha value is -1.58. The number of methoxy groups -OCH3 is 1. The minimum atomic E-state index is -2.84. The summed E-state index contributed by atoms with van der Waals surface area (Å²) in [7, 11) is -1.23. The van der Waals surface area contributed by atoms with Crippen LogP contribution in [0.2, 0.25) is 5.04 Å². The zero-order valence-electron chi connectivity index (χ0n) is 21.3. The molecule has 5 atom stereocenters. The summed E-state index contributed by atoms with van der Waals surface area (Å²) in [6.45, 7) is 12.2. The molecule has 34 heavy (non-hydrogen) atoms. The van der Waals surface area contributed by atoms with Gasteiger partial charge in [0, 0.05) is 7.11 Å². The Morgan fingerprint density at radius 3 is 1.91 bits per heavy atom. The summed E-state index contributed by atoms with van der Waals surface area (Å²) in [5.41, 5.74) is -1.15. The maximum Gasteiger partial charge on any atom is 0.261 e. The third-order valence-corrected chi connectivity index (χ3v) is 12.1. The van der Waals surface area contributed by atoms with Crippen molar-refractivity contribution in [3.05, 3.63) is 60.7 Å². The zero-order valence-corrected chi connectivity index (χ0v) is 22.3. The van der Waals surface area contributed by atoms with Crippen molar-refractivity contribution in [3.8, 4) is 0 Å². The Balaban J connectivity index is 1.78. The number of ether oxygens (including phenoxy) is 4. The molecule has 0 aromatic heterocycles. The molecule has 0 saturated carbocycles. The van der Waals surface area contributed by atoms with Gasteiger partial charge in [-0.25, -0.2) is 0 Å². The van der Waals surface area contributed by atoms with E-state index >= 15 is 0 Å². The Bertz CT molecular complexity index is 919. The van der Waals surface area contributed by atoms with E-state index in [0.29, 0.717) is 0 Å². The highest BCUT2D eigenvalue weighted by atomic mass is 28.4. The van der Waals surface area contributed by atoms with Crippen molar-refractivity contribution >= 4 is 18.7 Å². The van der Waals surface area contributed by atoms with E-state index in [1.165, 1.54) is 0 Å². The van der Waals surface area contributed by atoms with E-state index in [1.807, 2.05) is 26.0 Å².